The fraction of sp³-hybridized carbons (Fsp3) is 0.250. The molecule has 0 aliphatic carbocycles. The Bertz CT molecular complexity index is 857. The van der Waals surface area contributed by atoms with Crippen molar-refractivity contribution in [1.82, 2.24) is 20.0 Å². The van der Waals surface area contributed by atoms with Gasteiger partial charge in [-0.1, -0.05) is 41.7 Å². The number of rotatable bonds is 5. The van der Waals surface area contributed by atoms with Crippen molar-refractivity contribution >= 4 is 22.4 Å². The molecule has 2 aromatic heterocycles. The van der Waals surface area contributed by atoms with E-state index in [0.29, 0.717) is 10.9 Å². The van der Waals surface area contributed by atoms with Gasteiger partial charge in [-0.2, -0.15) is 5.10 Å². The normalized spacial score (nSPS) is 10.6. The Morgan fingerprint density at radius 1 is 1.25 bits per heavy atom. The highest BCUT2D eigenvalue weighted by Crippen LogP contribution is 2.26. The number of aromatic nitrogens is 4. The summed E-state index contributed by atoms with van der Waals surface area (Å²) in [5, 5.41) is 16.2. The molecule has 1 amide bonds. The average Bonchev–Trinajstić information content (AvgIpc) is 3.12. The molecule has 1 N–H and O–H groups in total. The molecule has 7 nitrogen and oxygen atoms in total. The van der Waals surface area contributed by atoms with Crippen LogP contribution in [0.1, 0.15) is 11.4 Å². The van der Waals surface area contributed by atoms with Gasteiger partial charge >= 0.3 is 0 Å². The van der Waals surface area contributed by atoms with Crippen molar-refractivity contribution in [2.24, 2.45) is 7.05 Å². The summed E-state index contributed by atoms with van der Waals surface area (Å²) in [4.78, 5) is 12.0. The van der Waals surface area contributed by atoms with Crippen molar-refractivity contribution in [3.8, 4) is 16.3 Å². The van der Waals surface area contributed by atoms with Crippen LogP contribution in [0.15, 0.2) is 30.3 Å². The third-order valence-electron chi connectivity index (χ3n) is 3.48. The van der Waals surface area contributed by atoms with E-state index < -0.39 is 0 Å². The lowest BCUT2D eigenvalue weighted by molar-refractivity contribution is -0.118. The van der Waals surface area contributed by atoms with E-state index >= 15 is 0 Å². The van der Waals surface area contributed by atoms with Gasteiger partial charge in [0.15, 0.2) is 12.4 Å². The Morgan fingerprint density at radius 3 is 2.67 bits per heavy atom. The maximum atomic E-state index is 12.0. The topological polar surface area (TPSA) is 81.9 Å². The highest BCUT2D eigenvalue weighted by atomic mass is 32.1. The van der Waals surface area contributed by atoms with Crippen LogP contribution in [0.3, 0.4) is 0 Å². The summed E-state index contributed by atoms with van der Waals surface area (Å²) < 4.78 is 7.30. The zero-order valence-electron chi connectivity index (χ0n) is 13.6. The number of anilines is 1. The predicted octanol–water partition coefficient (Wildman–Crippen LogP) is 2.57. The van der Waals surface area contributed by atoms with Gasteiger partial charge in [0.25, 0.3) is 5.91 Å². The Labute approximate surface area is 143 Å². The second kappa shape index (κ2) is 6.79. The van der Waals surface area contributed by atoms with Crippen molar-refractivity contribution in [3.63, 3.8) is 0 Å². The molecule has 2 heterocycles. The molecule has 0 unspecified atom stereocenters. The number of amides is 1. The van der Waals surface area contributed by atoms with Gasteiger partial charge < -0.3 is 4.74 Å². The molecule has 0 saturated carbocycles. The third-order valence-corrected chi connectivity index (χ3v) is 4.37. The summed E-state index contributed by atoms with van der Waals surface area (Å²) in [6.07, 6.45) is 0. The molecular formula is C16H17N5O2S. The lowest BCUT2D eigenvalue weighted by Crippen LogP contribution is -2.20. The number of carbonyl (C=O) groups is 1. The standard InChI is InChI=1S/C16H17N5O2S/c1-10-14(11(2)21(3)20-10)23-9-13(22)17-16-19-18-15(24-16)12-7-5-4-6-8-12/h4-8H,9H2,1-3H3,(H,17,19,22). The molecule has 124 valence electrons. The molecule has 0 bridgehead atoms. The van der Waals surface area contributed by atoms with E-state index in [1.807, 2.05) is 51.2 Å². The first-order valence-electron chi connectivity index (χ1n) is 7.36. The van der Waals surface area contributed by atoms with Crippen molar-refractivity contribution in [2.75, 3.05) is 11.9 Å². The maximum absolute atomic E-state index is 12.0. The van der Waals surface area contributed by atoms with Gasteiger partial charge in [-0.3, -0.25) is 14.8 Å². The zero-order valence-corrected chi connectivity index (χ0v) is 14.4. The van der Waals surface area contributed by atoms with Crippen LogP contribution in [0.4, 0.5) is 5.13 Å². The summed E-state index contributed by atoms with van der Waals surface area (Å²) in [6, 6.07) is 9.70. The minimum absolute atomic E-state index is 0.104. The van der Waals surface area contributed by atoms with E-state index in [9.17, 15) is 4.79 Å². The molecule has 24 heavy (non-hydrogen) atoms. The summed E-state index contributed by atoms with van der Waals surface area (Å²) in [5.74, 6) is 0.350. The molecule has 0 fully saturated rings. The lowest BCUT2D eigenvalue weighted by atomic mass is 10.2. The highest BCUT2D eigenvalue weighted by molar-refractivity contribution is 7.18. The maximum Gasteiger partial charge on any atom is 0.264 e. The molecule has 1 aromatic carbocycles. The number of benzene rings is 1. The third kappa shape index (κ3) is 3.43. The smallest absolute Gasteiger partial charge is 0.264 e. The van der Waals surface area contributed by atoms with Crippen LogP contribution in [-0.4, -0.2) is 32.5 Å². The van der Waals surface area contributed by atoms with E-state index in [1.165, 1.54) is 11.3 Å². The molecule has 0 saturated heterocycles. The zero-order chi connectivity index (χ0) is 17.1. The van der Waals surface area contributed by atoms with Crippen LogP contribution in [0.5, 0.6) is 5.75 Å². The lowest BCUT2D eigenvalue weighted by Gasteiger charge is -2.05. The Kier molecular flexibility index (Phi) is 4.57. The van der Waals surface area contributed by atoms with E-state index in [-0.39, 0.29) is 12.5 Å². The van der Waals surface area contributed by atoms with Gasteiger partial charge in [0.05, 0.1) is 5.69 Å². The number of aryl methyl sites for hydroxylation is 2. The molecule has 3 aromatic rings. The second-order valence-electron chi connectivity index (χ2n) is 5.24. The number of nitrogens with zero attached hydrogens (tertiary/aromatic N) is 4. The fourth-order valence-electron chi connectivity index (χ4n) is 2.23. The number of hydrogen-bond donors (Lipinski definition) is 1. The Morgan fingerprint density at radius 2 is 2.00 bits per heavy atom. The molecular weight excluding hydrogens is 326 g/mol. The summed E-state index contributed by atoms with van der Waals surface area (Å²) in [7, 11) is 1.83. The van der Waals surface area contributed by atoms with Crippen LogP contribution < -0.4 is 10.1 Å². The quantitative estimate of drug-likeness (QED) is 0.770. The number of ether oxygens (including phenoxy) is 1. The predicted molar refractivity (Wildman–Crippen MR) is 92.2 cm³/mol. The first kappa shape index (κ1) is 16.1. The minimum atomic E-state index is -0.284. The SMILES string of the molecule is Cc1nn(C)c(C)c1OCC(=O)Nc1nnc(-c2ccccc2)s1. The van der Waals surface area contributed by atoms with Crippen molar-refractivity contribution in [3.05, 3.63) is 41.7 Å². The fourth-order valence-corrected chi connectivity index (χ4v) is 2.99. The molecule has 0 aliphatic rings. The van der Waals surface area contributed by atoms with Crippen molar-refractivity contribution in [2.45, 2.75) is 13.8 Å². The Hall–Kier alpha value is -2.74. The van der Waals surface area contributed by atoms with E-state index in [4.69, 9.17) is 4.74 Å². The van der Waals surface area contributed by atoms with Gasteiger partial charge in [-0.05, 0) is 13.8 Å². The first-order valence-corrected chi connectivity index (χ1v) is 8.18. The molecule has 0 spiro atoms. The van der Waals surface area contributed by atoms with Crippen LogP contribution >= 0.6 is 11.3 Å². The Balaban J connectivity index is 1.60. The van der Waals surface area contributed by atoms with E-state index in [2.05, 4.69) is 20.6 Å². The van der Waals surface area contributed by atoms with Gasteiger partial charge in [-0.25, -0.2) is 0 Å². The van der Waals surface area contributed by atoms with Crippen molar-refractivity contribution < 1.29 is 9.53 Å². The first-order chi connectivity index (χ1) is 11.5. The van der Waals surface area contributed by atoms with Crippen molar-refractivity contribution in [1.29, 1.82) is 0 Å². The van der Waals surface area contributed by atoms with Crippen LogP contribution in [0.25, 0.3) is 10.6 Å². The van der Waals surface area contributed by atoms with Gasteiger partial charge in [0.1, 0.15) is 10.7 Å². The largest absolute Gasteiger partial charge is 0.480 e. The highest BCUT2D eigenvalue weighted by Gasteiger charge is 2.14. The van der Waals surface area contributed by atoms with E-state index in [1.54, 1.807) is 4.68 Å². The number of carbonyl (C=O) groups excluding carboxylic acids is 1. The average molecular weight is 343 g/mol. The summed E-state index contributed by atoms with van der Waals surface area (Å²) in [6.45, 7) is 3.63. The van der Waals surface area contributed by atoms with E-state index in [0.717, 1.165) is 22.0 Å². The van der Waals surface area contributed by atoms with Gasteiger partial charge in [0.2, 0.25) is 5.13 Å². The monoisotopic (exact) mass is 343 g/mol. The molecule has 8 heteroatoms. The van der Waals surface area contributed by atoms with Crippen LogP contribution in [-0.2, 0) is 11.8 Å². The molecule has 3 rings (SSSR count). The van der Waals surface area contributed by atoms with Gasteiger partial charge in [-0.15, -0.1) is 10.2 Å². The minimum Gasteiger partial charge on any atom is -0.480 e. The molecule has 0 radical (unpaired) electrons. The summed E-state index contributed by atoms with van der Waals surface area (Å²) >= 11 is 1.32. The molecule has 0 atom stereocenters. The molecule has 0 aliphatic heterocycles. The van der Waals surface area contributed by atoms with Gasteiger partial charge in [0, 0.05) is 12.6 Å². The second-order valence-corrected chi connectivity index (χ2v) is 6.22. The van der Waals surface area contributed by atoms with Crippen LogP contribution in [0.2, 0.25) is 0 Å². The summed E-state index contributed by atoms with van der Waals surface area (Å²) in [5.41, 5.74) is 2.60. The van der Waals surface area contributed by atoms with Crippen LogP contribution in [0, 0.1) is 13.8 Å². The number of nitrogens with one attached hydrogen (secondary N) is 1. The number of hydrogen-bond acceptors (Lipinski definition) is 6.